The number of unbranched alkanes of at least 4 members (excludes halogenated alkanes) is 1. The highest BCUT2D eigenvalue weighted by molar-refractivity contribution is 9.10. The molecule has 0 saturated heterocycles. The number of nitrogens with one attached hydrogen (secondary N) is 1. The summed E-state index contributed by atoms with van der Waals surface area (Å²) in [6, 6.07) is -0.0750. The van der Waals surface area contributed by atoms with E-state index in [4.69, 9.17) is 6.42 Å². The molecule has 0 amide bonds. The van der Waals surface area contributed by atoms with Gasteiger partial charge in [0.1, 0.15) is 4.47 Å². The van der Waals surface area contributed by atoms with Crippen molar-refractivity contribution in [3.8, 4) is 12.3 Å². The second-order valence-electron chi connectivity index (χ2n) is 4.41. The first-order valence-corrected chi connectivity index (χ1v) is 7.41. The van der Waals surface area contributed by atoms with Gasteiger partial charge in [0.15, 0.2) is 0 Å². The van der Waals surface area contributed by atoms with Crippen molar-refractivity contribution in [1.29, 1.82) is 0 Å². The molecule has 1 aromatic heterocycles. The van der Waals surface area contributed by atoms with Crippen LogP contribution in [0.4, 0.5) is 5.69 Å². The number of hydrogen-bond donors (Lipinski definition) is 1. The van der Waals surface area contributed by atoms with Gasteiger partial charge in [-0.3, -0.25) is 4.79 Å². The van der Waals surface area contributed by atoms with Gasteiger partial charge < -0.3 is 5.32 Å². The van der Waals surface area contributed by atoms with E-state index in [0.717, 1.165) is 25.7 Å². The van der Waals surface area contributed by atoms with Crippen LogP contribution in [-0.2, 0) is 6.54 Å². The Morgan fingerprint density at radius 2 is 2.26 bits per heavy atom. The monoisotopic (exact) mass is 325 g/mol. The highest BCUT2D eigenvalue weighted by Gasteiger charge is 2.11. The summed E-state index contributed by atoms with van der Waals surface area (Å²) in [6.45, 7) is 4.79. The average Bonchev–Trinajstić information content (AvgIpc) is 2.42. The Morgan fingerprint density at radius 1 is 1.53 bits per heavy atom. The molecule has 0 aliphatic rings. The summed E-state index contributed by atoms with van der Waals surface area (Å²) in [5.74, 6) is 2.68. The summed E-state index contributed by atoms with van der Waals surface area (Å²) in [4.78, 5) is 12.1. The molecule has 5 heteroatoms. The van der Waals surface area contributed by atoms with Crippen LogP contribution in [0, 0.1) is 12.3 Å². The lowest BCUT2D eigenvalue weighted by atomic mass is 10.2. The van der Waals surface area contributed by atoms with Gasteiger partial charge in [0.2, 0.25) is 0 Å². The molecule has 0 aliphatic heterocycles. The Kier molecular flexibility index (Phi) is 6.65. The molecule has 1 heterocycles. The van der Waals surface area contributed by atoms with Crippen molar-refractivity contribution in [2.75, 3.05) is 5.32 Å². The van der Waals surface area contributed by atoms with Crippen molar-refractivity contribution in [2.45, 2.75) is 52.1 Å². The average molecular weight is 326 g/mol. The molecule has 1 aromatic rings. The second kappa shape index (κ2) is 8.00. The first-order valence-electron chi connectivity index (χ1n) is 6.62. The van der Waals surface area contributed by atoms with Gasteiger partial charge in [-0.05, 0) is 28.8 Å². The minimum atomic E-state index is -0.120. The van der Waals surface area contributed by atoms with Gasteiger partial charge in [-0.1, -0.05) is 32.6 Å². The van der Waals surface area contributed by atoms with Gasteiger partial charge in [-0.25, -0.2) is 4.68 Å². The van der Waals surface area contributed by atoms with Crippen LogP contribution in [0.25, 0.3) is 0 Å². The maximum absolute atomic E-state index is 12.1. The summed E-state index contributed by atoms with van der Waals surface area (Å²) in [5.41, 5.74) is 0.542. The second-order valence-corrected chi connectivity index (χ2v) is 5.20. The Morgan fingerprint density at radius 3 is 2.84 bits per heavy atom. The molecule has 104 valence electrons. The summed E-state index contributed by atoms with van der Waals surface area (Å²) < 4.78 is 1.97. The van der Waals surface area contributed by atoms with E-state index >= 15 is 0 Å². The molecule has 1 N–H and O–H groups in total. The van der Waals surface area contributed by atoms with E-state index < -0.39 is 0 Å². The van der Waals surface area contributed by atoms with Gasteiger partial charge in [0, 0.05) is 6.54 Å². The molecular formula is C14H20BrN3O. The van der Waals surface area contributed by atoms with Crippen molar-refractivity contribution in [3.63, 3.8) is 0 Å². The smallest absolute Gasteiger partial charge is 0.283 e. The van der Waals surface area contributed by atoms with Crippen LogP contribution >= 0.6 is 15.9 Å². The number of aryl methyl sites for hydroxylation is 1. The summed E-state index contributed by atoms with van der Waals surface area (Å²) in [6.07, 6.45) is 10.9. The van der Waals surface area contributed by atoms with Crippen LogP contribution in [0.1, 0.15) is 39.5 Å². The standard InChI is InChI=1S/C14H20BrN3O/c1-4-7-9-18-14(19)13(15)12(10-16-18)17-11(6-3)8-5-2/h3,10-11,17H,4-5,7-9H2,1-2H3. The third-order valence-electron chi connectivity index (χ3n) is 2.82. The number of halogens is 1. The Labute approximate surface area is 122 Å². The Hall–Kier alpha value is -1.28. The molecule has 0 spiro atoms. The summed E-state index contributed by atoms with van der Waals surface area (Å²) >= 11 is 3.33. The molecule has 0 bridgehead atoms. The first-order chi connectivity index (χ1) is 9.13. The van der Waals surface area contributed by atoms with Gasteiger partial charge in [-0.15, -0.1) is 6.42 Å². The maximum Gasteiger partial charge on any atom is 0.283 e. The highest BCUT2D eigenvalue weighted by atomic mass is 79.9. The topological polar surface area (TPSA) is 46.9 Å². The van der Waals surface area contributed by atoms with Crippen LogP contribution in [0.3, 0.4) is 0 Å². The molecule has 0 radical (unpaired) electrons. The number of aromatic nitrogens is 2. The zero-order valence-electron chi connectivity index (χ0n) is 11.4. The third-order valence-corrected chi connectivity index (χ3v) is 3.58. The Balaban J connectivity index is 2.90. The normalized spacial score (nSPS) is 11.9. The van der Waals surface area contributed by atoms with Crippen molar-refractivity contribution in [2.24, 2.45) is 0 Å². The van der Waals surface area contributed by atoms with Gasteiger partial charge in [0.25, 0.3) is 5.56 Å². The molecule has 0 aliphatic carbocycles. The lowest BCUT2D eigenvalue weighted by molar-refractivity contribution is 0.541. The molecular weight excluding hydrogens is 306 g/mol. The predicted octanol–water partition coefficient (Wildman–Crippen LogP) is 3.02. The summed E-state index contributed by atoms with van der Waals surface area (Å²) in [5, 5.41) is 7.33. The molecule has 19 heavy (non-hydrogen) atoms. The number of hydrogen-bond acceptors (Lipinski definition) is 3. The van der Waals surface area contributed by atoms with E-state index in [9.17, 15) is 4.79 Å². The van der Waals surface area contributed by atoms with E-state index in [1.165, 1.54) is 4.68 Å². The van der Waals surface area contributed by atoms with Crippen LogP contribution < -0.4 is 10.9 Å². The molecule has 1 unspecified atom stereocenters. The number of nitrogens with zero attached hydrogens (tertiary/aromatic N) is 2. The number of terminal acetylenes is 1. The van der Waals surface area contributed by atoms with Gasteiger partial charge in [0.05, 0.1) is 17.9 Å². The quantitative estimate of drug-likeness (QED) is 0.784. The molecule has 1 rings (SSSR count). The van der Waals surface area contributed by atoms with Crippen molar-refractivity contribution < 1.29 is 0 Å². The third kappa shape index (κ3) is 4.39. The molecule has 4 nitrogen and oxygen atoms in total. The maximum atomic E-state index is 12.1. The zero-order chi connectivity index (χ0) is 14.3. The largest absolute Gasteiger partial charge is 0.369 e. The highest BCUT2D eigenvalue weighted by Crippen LogP contribution is 2.18. The number of rotatable bonds is 7. The van der Waals surface area contributed by atoms with Gasteiger partial charge in [-0.2, -0.15) is 5.10 Å². The molecule has 1 atom stereocenters. The van der Waals surface area contributed by atoms with Crippen molar-refractivity contribution in [3.05, 3.63) is 21.0 Å². The van der Waals surface area contributed by atoms with E-state index in [0.29, 0.717) is 16.7 Å². The zero-order valence-corrected chi connectivity index (χ0v) is 13.0. The van der Waals surface area contributed by atoms with Crippen LogP contribution in [0.5, 0.6) is 0 Å². The van der Waals surface area contributed by atoms with E-state index in [1.807, 2.05) is 0 Å². The fourth-order valence-corrected chi connectivity index (χ4v) is 2.13. The number of anilines is 1. The molecule has 0 saturated carbocycles. The first kappa shape index (κ1) is 15.8. The van der Waals surface area contributed by atoms with E-state index in [-0.39, 0.29) is 11.6 Å². The van der Waals surface area contributed by atoms with E-state index in [1.54, 1.807) is 6.20 Å². The molecule has 0 aromatic carbocycles. The minimum absolute atomic E-state index is 0.0750. The summed E-state index contributed by atoms with van der Waals surface area (Å²) in [7, 11) is 0. The van der Waals surface area contributed by atoms with E-state index in [2.05, 4.69) is 46.1 Å². The lowest BCUT2D eigenvalue weighted by Gasteiger charge is -2.15. The van der Waals surface area contributed by atoms with Gasteiger partial charge >= 0.3 is 0 Å². The lowest BCUT2D eigenvalue weighted by Crippen LogP contribution is -2.26. The van der Waals surface area contributed by atoms with Crippen LogP contribution in [0.2, 0.25) is 0 Å². The molecule has 0 fully saturated rings. The SMILES string of the molecule is C#CC(CCC)Nc1cnn(CCCC)c(=O)c1Br. The van der Waals surface area contributed by atoms with Crippen LogP contribution in [-0.4, -0.2) is 15.8 Å². The fraction of sp³-hybridized carbons (Fsp3) is 0.571. The fourth-order valence-electron chi connectivity index (χ4n) is 1.71. The van der Waals surface area contributed by atoms with Crippen molar-refractivity contribution in [1.82, 2.24) is 9.78 Å². The van der Waals surface area contributed by atoms with Crippen molar-refractivity contribution >= 4 is 21.6 Å². The Bertz CT molecular complexity index is 504. The van der Waals surface area contributed by atoms with Crippen LogP contribution in [0.15, 0.2) is 15.5 Å². The minimum Gasteiger partial charge on any atom is -0.369 e. The predicted molar refractivity (Wildman–Crippen MR) is 82.3 cm³/mol.